The van der Waals surface area contributed by atoms with Crippen molar-refractivity contribution in [1.29, 1.82) is 0 Å². The molecule has 200 valence electrons. The Bertz CT molecular complexity index is 917. The van der Waals surface area contributed by atoms with E-state index in [1.54, 1.807) is 0 Å². The summed E-state index contributed by atoms with van der Waals surface area (Å²) in [5, 5.41) is 28.9. The molecule has 2 fully saturated rings. The molecular weight excluding hydrogens is 464 g/mol. The Morgan fingerprint density at radius 3 is 1.32 bits per heavy atom. The van der Waals surface area contributed by atoms with Crippen LogP contribution in [0.5, 0.6) is 0 Å². The molecule has 6 heteroatoms. The predicted octanol–water partition coefficient (Wildman–Crippen LogP) is 4.22. The minimum Gasteiger partial charge on any atom is -0.388 e. The Morgan fingerprint density at radius 2 is 0.973 bits per heavy atom. The first-order valence-electron chi connectivity index (χ1n) is 14.0. The molecule has 2 aromatic rings. The molecule has 6 nitrogen and oxygen atoms in total. The second-order valence-corrected chi connectivity index (χ2v) is 11.1. The van der Waals surface area contributed by atoms with Crippen molar-refractivity contribution >= 4 is 11.8 Å². The van der Waals surface area contributed by atoms with Gasteiger partial charge in [-0.25, -0.2) is 0 Å². The fraction of sp³-hybridized carbons (Fsp3) is 0.548. The standard InChI is InChI=1S/C31H42N2O4/c34-28(32-26(21-24-13-5-1-6-14-24)30(36)17-9-3-10-18-30)23-29(35)33-27(22-25-15-7-2-8-16-25)31(37)19-11-4-12-20-31/h1-2,5-8,13-16,26-27,36-37H,3-4,9-12,17-23H2,(H,32,34)(H,33,35). The predicted molar refractivity (Wildman–Crippen MR) is 145 cm³/mol. The van der Waals surface area contributed by atoms with Crippen molar-refractivity contribution in [3.05, 3.63) is 71.8 Å². The third-order valence-corrected chi connectivity index (χ3v) is 8.29. The number of nitrogens with one attached hydrogen (secondary N) is 2. The van der Waals surface area contributed by atoms with Crippen LogP contribution in [0.15, 0.2) is 60.7 Å². The zero-order chi connectivity index (χ0) is 26.1. The van der Waals surface area contributed by atoms with E-state index >= 15 is 0 Å². The summed E-state index contributed by atoms with van der Waals surface area (Å²) in [7, 11) is 0. The van der Waals surface area contributed by atoms with Crippen LogP contribution in [0, 0.1) is 0 Å². The normalized spacial score (nSPS) is 20.4. The molecule has 0 aliphatic heterocycles. The van der Waals surface area contributed by atoms with Crippen LogP contribution in [0.1, 0.15) is 81.8 Å². The maximum absolute atomic E-state index is 13.1. The summed E-state index contributed by atoms with van der Waals surface area (Å²) in [4.78, 5) is 26.2. The molecule has 0 saturated heterocycles. The molecule has 2 saturated carbocycles. The Balaban J connectivity index is 1.42. The average Bonchev–Trinajstić information content (AvgIpc) is 2.90. The van der Waals surface area contributed by atoms with Crippen LogP contribution in [-0.4, -0.2) is 45.3 Å². The van der Waals surface area contributed by atoms with Crippen molar-refractivity contribution in [3.63, 3.8) is 0 Å². The highest BCUT2D eigenvalue weighted by Gasteiger charge is 2.40. The smallest absolute Gasteiger partial charge is 0.229 e. The maximum atomic E-state index is 13.1. The van der Waals surface area contributed by atoms with Gasteiger partial charge in [0.15, 0.2) is 0 Å². The van der Waals surface area contributed by atoms with Crippen LogP contribution < -0.4 is 10.6 Å². The molecule has 0 radical (unpaired) electrons. The lowest BCUT2D eigenvalue weighted by Gasteiger charge is -2.40. The van der Waals surface area contributed by atoms with E-state index in [1.165, 1.54) is 0 Å². The Morgan fingerprint density at radius 1 is 0.622 bits per heavy atom. The van der Waals surface area contributed by atoms with Crippen LogP contribution in [0.2, 0.25) is 0 Å². The fourth-order valence-electron chi connectivity index (χ4n) is 6.11. The molecule has 2 aliphatic carbocycles. The van der Waals surface area contributed by atoms with Crippen molar-refractivity contribution in [2.24, 2.45) is 0 Å². The van der Waals surface area contributed by atoms with Gasteiger partial charge in [0.1, 0.15) is 6.42 Å². The maximum Gasteiger partial charge on any atom is 0.229 e. The number of rotatable bonds is 10. The molecule has 2 aliphatic rings. The van der Waals surface area contributed by atoms with Gasteiger partial charge in [-0.2, -0.15) is 0 Å². The summed E-state index contributed by atoms with van der Waals surface area (Å²) < 4.78 is 0. The number of amides is 2. The highest BCUT2D eigenvalue weighted by molar-refractivity contribution is 5.97. The molecular formula is C31H42N2O4. The van der Waals surface area contributed by atoms with E-state index in [0.29, 0.717) is 38.5 Å². The quantitative estimate of drug-likeness (QED) is 0.363. The van der Waals surface area contributed by atoms with Gasteiger partial charge in [-0.1, -0.05) is 99.2 Å². The molecule has 2 atom stereocenters. The second-order valence-electron chi connectivity index (χ2n) is 11.1. The molecule has 0 heterocycles. The lowest BCUT2D eigenvalue weighted by atomic mass is 9.77. The summed E-state index contributed by atoms with van der Waals surface area (Å²) in [5.74, 6) is -0.793. The van der Waals surface area contributed by atoms with Crippen molar-refractivity contribution in [2.45, 2.75) is 107 Å². The number of aliphatic hydroxyl groups is 2. The lowest BCUT2D eigenvalue weighted by molar-refractivity contribution is -0.133. The first-order chi connectivity index (χ1) is 17.9. The van der Waals surface area contributed by atoms with E-state index in [1.807, 2.05) is 60.7 Å². The van der Waals surface area contributed by atoms with E-state index in [4.69, 9.17) is 0 Å². The molecule has 2 amide bonds. The van der Waals surface area contributed by atoms with Gasteiger partial charge >= 0.3 is 0 Å². The van der Waals surface area contributed by atoms with Crippen LogP contribution in [0.3, 0.4) is 0 Å². The first-order valence-corrected chi connectivity index (χ1v) is 14.0. The zero-order valence-corrected chi connectivity index (χ0v) is 21.8. The second kappa shape index (κ2) is 12.7. The summed E-state index contributed by atoms with van der Waals surface area (Å²) >= 11 is 0. The van der Waals surface area contributed by atoms with Gasteiger partial charge in [-0.05, 0) is 49.7 Å². The van der Waals surface area contributed by atoms with E-state index < -0.39 is 35.1 Å². The van der Waals surface area contributed by atoms with Crippen molar-refractivity contribution in [1.82, 2.24) is 10.6 Å². The van der Waals surface area contributed by atoms with E-state index in [-0.39, 0.29) is 6.42 Å². The molecule has 4 N–H and O–H groups in total. The zero-order valence-electron chi connectivity index (χ0n) is 21.8. The third-order valence-electron chi connectivity index (χ3n) is 8.29. The molecule has 37 heavy (non-hydrogen) atoms. The van der Waals surface area contributed by atoms with Crippen LogP contribution in [0.25, 0.3) is 0 Å². The number of hydrogen-bond donors (Lipinski definition) is 4. The van der Waals surface area contributed by atoms with E-state index in [0.717, 1.165) is 49.7 Å². The van der Waals surface area contributed by atoms with Crippen molar-refractivity contribution in [2.75, 3.05) is 0 Å². The average molecular weight is 507 g/mol. The molecule has 4 rings (SSSR count). The van der Waals surface area contributed by atoms with Crippen LogP contribution >= 0.6 is 0 Å². The minimum absolute atomic E-state index is 0.331. The molecule has 0 spiro atoms. The molecule has 2 aromatic carbocycles. The number of benzene rings is 2. The largest absolute Gasteiger partial charge is 0.388 e. The minimum atomic E-state index is -0.979. The topological polar surface area (TPSA) is 98.7 Å². The number of hydrogen-bond acceptors (Lipinski definition) is 4. The fourth-order valence-corrected chi connectivity index (χ4v) is 6.11. The summed E-state index contributed by atoms with van der Waals surface area (Å²) in [6.07, 6.45) is 9.15. The summed E-state index contributed by atoms with van der Waals surface area (Å²) in [6.45, 7) is 0. The number of carbonyl (C=O) groups is 2. The SMILES string of the molecule is O=C(CC(=O)NC(Cc1ccccc1)C1(O)CCCCC1)NC(Cc1ccccc1)C1(O)CCCCC1. The Labute approximate surface area is 220 Å². The van der Waals surface area contributed by atoms with Crippen molar-refractivity contribution < 1.29 is 19.8 Å². The highest BCUT2D eigenvalue weighted by atomic mass is 16.3. The highest BCUT2D eigenvalue weighted by Crippen LogP contribution is 2.34. The monoisotopic (exact) mass is 506 g/mol. The Hall–Kier alpha value is -2.70. The van der Waals surface area contributed by atoms with Gasteiger partial charge in [0.05, 0.1) is 23.3 Å². The van der Waals surface area contributed by atoms with E-state index in [2.05, 4.69) is 10.6 Å². The van der Waals surface area contributed by atoms with E-state index in [9.17, 15) is 19.8 Å². The van der Waals surface area contributed by atoms with Gasteiger partial charge in [-0.15, -0.1) is 0 Å². The van der Waals surface area contributed by atoms with Crippen LogP contribution in [0.4, 0.5) is 0 Å². The van der Waals surface area contributed by atoms with Crippen molar-refractivity contribution in [3.8, 4) is 0 Å². The number of carbonyl (C=O) groups excluding carboxylic acids is 2. The third kappa shape index (κ3) is 7.65. The van der Waals surface area contributed by atoms with Gasteiger partial charge in [0.25, 0.3) is 0 Å². The summed E-state index contributed by atoms with van der Waals surface area (Å²) in [5.41, 5.74) is 0.123. The molecule has 2 unspecified atom stereocenters. The van der Waals surface area contributed by atoms with Crippen LogP contribution in [-0.2, 0) is 22.4 Å². The first kappa shape index (κ1) is 27.3. The van der Waals surface area contributed by atoms with Gasteiger partial charge in [0.2, 0.25) is 11.8 Å². The van der Waals surface area contributed by atoms with Gasteiger partial charge < -0.3 is 20.8 Å². The van der Waals surface area contributed by atoms with Gasteiger partial charge in [0, 0.05) is 0 Å². The molecule has 0 bridgehead atoms. The van der Waals surface area contributed by atoms with Gasteiger partial charge in [-0.3, -0.25) is 9.59 Å². The Kier molecular flexibility index (Phi) is 9.38. The molecule has 0 aromatic heterocycles. The lowest BCUT2D eigenvalue weighted by Crippen LogP contribution is -2.57. The summed E-state index contributed by atoms with van der Waals surface area (Å²) in [6, 6.07) is 18.8.